The molecule has 0 N–H and O–H groups in total. The second kappa shape index (κ2) is 6.47. The van der Waals surface area contributed by atoms with Crippen LogP contribution in [0.5, 0.6) is 5.75 Å². The van der Waals surface area contributed by atoms with Crippen molar-refractivity contribution in [1.29, 1.82) is 0 Å². The maximum Gasteiger partial charge on any atom is 0.498 e. The molecule has 132 valence electrons. The van der Waals surface area contributed by atoms with Gasteiger partial charge in [0.25, 0.3) is 0 Å². The van der Waals surface area contributed by atoms with Gasteiger partial charge in [-0.1, -0.05) is 42.0 Å². The Morgan fingerprint density at radius 3 is 2.28 bits per heavy atom. The first kappa shape index (κ1) is 18.0. The van der Waals surface area contributed by atoms with E-state index in [1.165, 1.54) is 6.07 Å². The summed E-state index contributed by atoms with van der Waals surface area (Å²) in [6, 6.07) is 12.8. The molecule has 2 aromatic rings. The SMILES string of the molecule is Cc1cccc(COc2c(F)cccc2B2OC(C)(C)C(C)(C)O2)c1. The van der Waals surface area contributed by atoms with Crippen LogP contribution in [-0.4, -0.2) is 18.3 Å². The van der Waals surface area contributed by atoms with Gasteiger partial charge in [0.05, 0.1) is 11.2 Å². The van der Waals surface area contributed by atoms with Gasteiger partial charge in [0.1, 0.15) is 6.61 Å². The van der Waals surface area contributed by atoms with Gasteiger partial charge in [0.15, 0.2) is 11.6 Å². The number of para-hydroxylation sites is 1. The summed E-state index contributed by atoms with van der Waals surface area (Å²) in [6.45, 7) is 10.2. The number of halogens is 1. The van der Waals surface area contributed by atoms with E-state index in [-0.39, 0.29) is 12.4 Å². The van der Waals surface area contributed by atoms with Gasteiger partial charge in [-0.15, -0.1) is 0 Å². The molecule has 25 heavy (non-hydrogen) atoms. The van der Waals surface area contributed by atoms with Crippen molar-refractivity contribution in [3.63, 3.8) is 0 Å². The highest BCUT2D eigenvalue weighted by Gasteiger charge is 2.52. The zero-order valence-electron chi connectivity index (χ0n) is 15.4. The standard InChI is InChI=1S/C20H24BFO3/c1-14-8-6-9-15(12-14)13-23-18-16(10-7-11-17(18)22)21-24-19(2,3)20(4,5)25-21/h6-12H,13H2,1-5H3. The van der Waals surface area contributed by atoms with Gasteiger partial charge in [-0.3, -0.25) is 0 Å². The fourth-order valence-corrected chi connectivity index (χ4v) is 2.79. The first-order valence-electron chi connectivity index (χ1n) is 8.52. The first-order chi connectivity index (χ1) is 11.7. The van der Waals surface area contributed by atoms with Gasteiger partial charge in [-0.05, 0) is 46.2 Å². The lowest BCUT2D eigenvalue weighted by Crippen LogP contribution is -2.41. The summed E-state index contributed by atoms with van der Waals surface area (Å²) in [6.07, 6.45) is 0. The van der Waals surface area contributed by atoms with Crippen molar-refractivity contribution in [2.45, 2.75) is 52.4 Å². The minimum atomic E-state index is -0.659. The lowest BCUT2D eigenvalue weighted by Gasteiger charge is -2.32. The van der Waals surface area contributed by atoms with E-state index in [2.05, 4.69) is 0 Å². The Morgan fingerprint density at radius 1 is 1.00 bits per heavy atom. The van der Waals surface area contributed by atoms with E-state index >= 15 is 0 Å². The summed E-state index contributed by atoms with van der Waals surface area (Å²) >= 11 is 0. The molecule has 1 aliphatic heterocycles. The predicted octanol–water partition coefficient (Wildman–Crippen LogP) is 4.01. The fraction of sp³-hybridized carbons (Fsp3) is 0.400. The molecule has 1 fully saturated rings. The molecular weight excluding hydrogens is 318 g/mol. The minimum absolute atomic E-state index is 0.183. The maximum absolute atomic E-state index is 14.4. The largest absolute Gasteiger partial charge is 0.498 e. The van der Waals surface area contributed by atoms with Crippen LogP contribution in [0.25, 0.3) is 0 Å². The van der Waals surface area contributed by atoms with Crippen molar-refractivity contribution in [2.24, 2.45) is 0 Å². The molecule has 1 heterocycles. The molecule has 0 radical (unpaired) electrons. The maximum atomic E-state index is 14.4. The number of ether oxygens (including phenoxy) is 1. The summed E-state index contributed by atoms with van der Waals surface area (Å²) in [5.41, 5.74) is 1.73. The van der Waals surface area contributed by atoms with Crippen LogP contribution < -0.4 is 10.2 Å². The Balaban J connectivity index is 1.86. The van der Waals surface area contributed by atoms with Gasteiger partial charge in [-0.25, -0.2) is 4.39 Å². The van der Waals surface area contributed by atoms with Gasteiger partial charge in [0, 0.05) is 5.46 Å². The van der Waals surface area contributed by atoms with E-state index in [4.69, 9.17) is 14.0 Å². The zero-order chi connectivity index (χ0) is 18.2. The lowest BCUT2D eigenvalue weighted by atomic mass is 9.78. The first-order valence-corrected chi connectivity index (χ1v) is 8.52. The van der Waals surface area contributed by atoms with E-state index in [9.17, 15) is 4.39 Å². The molecular formula is C20H24BFO3. The third kappa shape index (κ3) is 3.58. The van der Waals surface area contributed by atoms with Crippen molar-refractivity contribution in [3.05, 3.63) is 59.4 Å². The average Bonchev–Trinajstić information content (AvgIpc) is 2.74. The summed E-state index contributed by atoms with van der Waals surface area (Å²) in [4.78, 5) is 0. The van der Waals surface area contributed by atoms with Crippen molar-refractivity contribution >= 4 is 12.6 Å². The van der Waals surface area contributed by atoms with E-state index in [1.807, 2.05) is 58.9 Å². The second-order valence-corrected chi connectivity index (χ2v) is 7.52. The van der Waals surface area contributed by atoms with Crippen molar-refractivity contribution in [2.75, 3.05) is 0 Å². The van der Waals surface area contributed by atoms with Crippen molar-refractivity contribution in [3.8, 4) is 5.75 Å². The number of rotatable bonds is 4. The predicted molar refractivity (Wildman–Crippen MR) is 97.6 cm³/mol. The molecule has 0 spiro atoms. The molecule has 0 unspecified atom stereocenters. The molecule has 3 nitrogen and oxygen atoms in total. The molecule has 0 aromatic heterocycles. The topological polar surface area (TPSA) is 27.7 Å². The summed E-state index contributed by atoms with van der Waals surface area (Å²) in [5, 5.41) is 0. The smallest absolute Gasteiger partial charge is 0.486 e. The van der Waals surface area contributed by atoms with E-state index in [0.29, 0.717) is 5.46 Å². The van der Waals surface area contributed by atoms with Crippen LogP contribution in [0, 0.1) is 12.7 Å². The second-order valence-electron chi connectivity index (χ2n) is 7.52. The third-order valence-corrected chi connectivity index (χ3v) is 4.97. The van der Waals surface area contributed by atoms with Crippen molar-refractivity contribution in [1.82, 2.24) is 0 Å². The van der Waals surface area contributed by atoms with Crippen LogP contribution >= 0.6 is 0 Å². The van der Waals surface area contributed by atoms with Crippen LogP contribution in [0.4, 0.5) is 4.39 Å². The van der Waals surface area contributed by atoms with E-state index in [1.54, 1.807) is 12.1 Å². The lowest BCUT2D eigenvalue weighted by molar-refractivity contribution is 0.00578. The molecule has 1 saturated heterocycles. The van der Waals surface area contributed by atoms with Gasteiger partial charge in [0.2, 0.25) is 0 Å². The molecule has 0 amide bonds. The van der Waals surface area contributed by atoms with Crippen LogP contribution in [0.3, 0.4) is 0 Å². The molecule has 0 atom stereocenters. The molecule has 0 aliphatic carbocycles. The Labute approximate surface area is 149 Å². The van der Waals surface area contributed by atoms with Crippen LogP contribution in [-0.2, 0) is 15.9 Å². The Morgan fingerprint density at radius 2 is 1.64 bits per heavy atom. The Bertz CT molecular complexity index is 757. The molecule has 2 aromatic carbocycles. The molecule has 1 aliphatic rings. The van der Waals surface area contributed by atoms with E-state index in [0.717, 1.165) is 11.1 Å². The highest BCUT2D eigenvalue weighted by molar-refractivity contribution is 6.63. The average molecular weight is 342 g/mol. The molecule has 0 saturated carbocycles. The van der Waals surface area contributed by atoms with Gasteiger partial charge in [-0.2, -0.15) is 0 Å². The Hall–Kier alpha value is -1.85. The van der Waals surface area contributed by atoms with Crippen LogP contribution in [0.15, 0.2) is 42.5 Å². The van der Waals surface area contributed by atoms with Crippen LogP contribution in [0.1, 0.15) is 38.8 Å². The molecule has 5 heteroatoms. The highest BCUT2D eigenvalue weighted by Crippen LogP contribution is 2.37. The fourth-order valence-electron chi connectivity index (χ4n) is 2.79. The quantitative estimate of drug-likeness (QED) is 0.786. The summed E-state index contributed by atoms with van der Waals surface area (Å²) in [7, 11) is -0.659. The molecule has 3 rings (SSSR count). The van der Waals surface area contributed by atoms with Gasteiger partial charge < -0.3 is 14.0 Å². The number of hydrogen-bond acceptors (Lipinski definition) is 3. The van der Waals surface area contributed by atoms with Crippen molar-refractivity contribution < 1.29 is 18.4 Å². The highest BCUT2D eigenvalue weighted by atomic mass is 19.1. The number of hydrogen-bond donors (Lipinski definition) is 0. The molecule has 0 bridgehead atoms. The van der Waals surface area contributed by atoms with E-state index < -0.39 is 24.1 Å². The number of benzene rings is 2. The third-order valence-electron chi connectivity index (χ3n) is 4.97. The van der Waals surface area contributed by atoms with Gasteiger partial charge >= 0.3 is 7.12 Å². The van der Waals surface area contributed by atoms with Crippen LogP contribution in [0.2, 0.25) is 0 Å². The Kier molecular flexibility index (Phi) is 4.65. The normalized spacial score (nSPS) is 18.4. The summed E-state index contributed by atoms with van der Waals surface area (Å²) in [5.74, 6) is -0.234. The number of aryl methyl sites for hydroxylation is 1. The summed E-state index contributed by atoms with van der Waals surface area (Å²) < 4.78 is 32.4. The zero-order valence-corrected chi connectivity index (χ0v) is 15.4. The minimum Gasteiger partial charge on any atom is -0.486 e. The monoisotopic (exact) mass is 342 g/mol.